The lowest BCUT2D eigenvalue weighted by Gasteiger charge is -2.16. The van der Waals surface area contributed by atoms with E-state index in [9.17, 15) is 0 Å². The van der Waals surface area contributed by atoms with Crippen LogP contribution in [0.4, 0.5) is 5.82 Å². The molecule has 3 nitrogen and oxygen atoms in total. The summed E-state index contributed by atoms with van der Waals surface area (Å²) in [6.45, 7) is 8.36. The van der Waals surface area contributed by atoms with Crippen molar-refractivity contribution in [1.82, 2.24) is 9.97 Å². The second-order valence-electron chi connectivity index (χ2n) is 3.08. The lowest BCUT2D eigenvalue weighted by Crippen LogP contribution is -2.18. The van der Waals surface area contributed by atoms with E-state index < -0.39 is 0 Å². The second kappa shape index (κ2) is 4.03. The van der Waals surface area contributed by atoms with Crippen molar-refractivity contribution in [1.29, 1.82) is 0 Å². The van der Waals surface area contributed by atoms with E-state index in [1.165, 1.54) is 0 Å². The number of rotatable bonds is 3. The summed E-state index contributed by atoms with van der Waals surface area (Å²) in [4.78, 5) is 10.6. The molecule has 0 N–H and O–H groups in total. The SMILES string of the molecule is C=CCN(C)c1cc(C)nc(C)n1. The smallest absolute Gasteiger partial charge is 0.132 e. The predicted molar refractivity (Wildman–Crippen MR) is 55.0 cm³/mol. The van der Waals surface area contributed by atoms with Crippen LogP contribution in [0, 0.1) is 13.8 Å². The molecule has 1 aromatic rings. The minimum Gasteiger partial charge on any atom is -0.356 e. The number of likely N-dealkylation sites (N-methyl/N-ethyl adjacent to an activating group) is 1. The molecule has 3 heteroatoms. The van der Waals surface area contributed by atoms with Gasteiger partial charge in [-0.2, -0.15) is 0 Å². The van der Waals surface area contributed by atoms with Crippen LogP contribution in [0.3, 0.4) is 0 Å². The fourth-order valence-corrected chi connectivity index (χ4v) is 1.18. The van der Waals surface area contributed by atoms with Crippen molar-refractivity contribution in [3.8, 4) is 0 Å². The molecule has 0 aliphatic heterocycles. The molecule has 1 heterocycles. The molecule has 0 spiro atoms. The van der Waals surface area contributed by atoms with Crippen LogP contribution in [0.1, 0.15) is 11.5 Å². The molecule has 0 atom stereocenters. The van der Waals surface area contributed by atoms with Gasteiger partial charge >= 0.3 is 0 Å². The number of aromatic nitrogens is 2. The Hall–Kier alpha value is -1.38. The lowest BCUT2D eigenvalue weighted by molar-refractivity contribution is 0.932. The predicted octanol–water partition coefficient (Wildman–Crippen LogP) is 1.72. The summed E-state index contributed by atoms with van der Waals surface area (Å²) in [5.41, 5.74) is 0.999. The Morgan fingerprint density at radius 2 is 2.15 bits per heavy atom. The zero-order chi connectivity index (χ0) is 9.84. The van der Waals surface area contributed by atoms with Crippen molar-refractivity contribution in [3.05, 3.63) is 30.2 Å². The quantitative estimate of drug-likeness (QED) is 0.658. The fraction of sp³-hybridized carbons (Fsp3) is 0.400. The minimum absolute atomic E-state index is 0.801. The van der Waals surface area contributed by atoms with Gasteiger partial charge < -0.3 is 4.90 Å². The van der Waals surface area contributed by atoms with Crippen LogP contribution in [0.2, 0.25) is 0 Å². The van der Waals surface area contributed by atoms with Crippen molar-refractivity contribution in [2.24, 2.45) is 0 Å². The average molecular weight is 177 g/mol. The second-order valence-corrected chi connectivity index (χ2v) is 3.08. The maximum atomic E-state index is 4.32. The Labute approximate surface area is 79.1 Å². The third-order valence-corrected chi connectivity index (χ3v) is 1.75. The van der Waals surface area contributed by atoms with E-state index in [0.29, 0.717) is 0 Å². The maximum absolute atomic E-state index is 4.32. The number of hydrogen-bond donors (Lipinski definition) is 0. The number of nitrogens with zero attached hydrogens (tertiary/aromatic N) is 3. The monoisotopic (exact) mass is 177 g/mol. The Morgan fingerprint density at radius 3 is 2.69 bits per heavy atom. The third-order valence-electron chi connectivity index (χ3n) is 1.75. The highest BCUT2D eigenvalue weighted by atomic mass is 15.2. The highest BCUT2D eigenvalue weighted by Gasteiger charge is 2.02. The Balaban J connectivity index is 2.93. The summed E-state index contributed by atoms with van der Waals surface area (Å²) in [6, 6.07) is 1.97. The van der Waals surface area contributed by atoms with Crippen molar-refractivity contribution in [2.45, 2.75) is 13.8 Å². The van der Waals surface area contributed by atoms with Crippen LogP contribution >= 0.6 is 0 Å². The summed E-state index contributed by atoms with van der Waals surface area (Å²) < 4.78 is 0. The minimum atomic E-state index is 0.801. The normalized spacial score (nSPS) is 9.77. The number of hydrogen-bond acceptors (Lipinski definition) is 3. The molecular weight excluding hydrogens is 162 g/mol. The van der Waals surface area contributed by atoms with Gasteiger partial charge in [-0.05, 0) is 13.8 Å². The molecule has 0 unspecified atom stereocenters. The van der Waals surface area contributed by atoms with Gasteiger partial charge in [-0.15, -0.1) is 6.58 Å². The van der Waals surface area contributed by atoms with Gasteiger partial charge in [0.05, 0.1) is 0 Å². The molecule has 1 aromatic heterocycles. The van der Waals surface area contributed by atoms with Gasteiger partial charge in [0.25, 0.3) is 0 Å². The molecule has 0 aromatic carbocycles. The van der Waals surface area contributed by atoms with Crippen LogP contribution in [-0.4, -0.2) is 23.6 Å². The van der Waals surface area contributed by atoms with Crippen LogP contribution in [-0.2, 0) is 0 Å². The van der Waals surface area contributed by atoms with Crippen molar-refractivity contribution in [2.75, 3.05) is 18.5 Å². The van der Waals surface area contributed by atoms with Gasteiger partial charge in [0.1, 0.15) is 11.6 Å². The molecule has 0 aliphatic rings. The van der Waals surface area contributed by atoms with Crippen molar-refractivity contribution < 1.29 is 0 Å². The first-order valence-electron chi connectivity index (χ1n) is 4.28. The first kappa shape index (κ1) is 9.71. The molecule has 0 amide bonds. The van der Waals surface area contributed by atoms with Crippen molar-refractivity contribution in [3.63, 3.8) is 0 Å². The van der Waals surface area contributed by atoms with Crippen molar-refractivity contribution >= 4 is 5.82 Å². The molecule has 0 saturated heterocycles. The van der Waals surface area contributed by atoms with E-state index in [1.54, 1.807) is 0 Å². The summed E-state index contributed by atoms with van der Waals surface area (Å²) in [6.07, 6.45) is 1.85. The Kier molecular flexibility index (Phi) is 3.01. The van der Waals surface area contributed by atoms with Gasteiger partial charge in [-0.1, -0.05) is 6.08 Å². The summed E-state index contributed by atoms with van der Waals surface area (Å²) in [5.74, 6) is 1.76. The van der Waals surface area contributed by atoms with E-state index in [-0.39, 0.29) is 0 Å². The first-order chi connectivity index (χ1) is 6.13. The Morgan fingerprint density at radius 1 is 1.46 bits per heavy atom. The zero-order valence-electron chi connectivity index (χ0n) is 8.41. The maximum Gasteiger partial charge on any atom is 0.132 e. The molecule has 13 heavy (non-hydrogen) atoms. The summed E-state index contributed by atoms with van der Waals surface area (Å²) >= 11 is 0. The van der Waals surface area contributed by atoms with E-state index >= 15 is 0 Å². The highest BCUT2D eigenvalue weighted by molar-refractivity contribution is 5.39. The van der Waals surface area contributed by atoms with E-state index in [4.69, 9.17) is 0 Å². The van der Waals surface area contributed by atoms with Crippen LogP contribution in [0.25, 0.3) is 0 Å². The molecular formula is C10H15N3. The Bertz CT molecular complexity index is 287. The largest absolute Gasteiger partial charge is 0.356 e. The summed E-state index contributed by atoms with van der Waals surface area (Å²) in [5, 5.41) is 0. The van der Waals surface area contributed by atoms with Crippen LogP contribution in [0.15, 0.2) is 18.7 Å². The number of aryl methyl sites for hydroxylation is 2. The van der Waals surface area contributed by atoms with Gasteiger partial charge in [0, 0.05) is 25.4 Å². The topological polar surface area (TPSA) is 29.0 Å². The number of anilines is 1. The molecule has 0 bridgehead atoms. The first-order valence-corrected chi connectivity index (χ1v) is 4.28. The van der Waals surface area contributed by atoms with Gasteiger partial charge in [0.15, 0.2) is 0 Å². The molecule has 70 valence electrons. The standard InChI is InChI=1S/C10H15N3/c1-5-6-13(4)10-7-8(2)11-9(3)12-10/h5,7H,1,6H2,2-4H3. The third kappa shape index (κ3) is 2.54. The highest BCUT2D eigenvalue weighted by Crippen LogP contribution is 2.09. The molecule has 0 fully saturated rings. The molecule has 1 rings (SSSR count). The van der Waals surface area contributed by atoms with Gasteiger partial charge in [0.2, 0.25) is 0 Å². The lowest BCUT2D eigenvalue weighted by atomic mass is 10.4. The molecule has 0 saturated carbocycles. The molecule has 0 radical (unpaired) electrons. The van der Waals surface area contributed by atoms with E-state index in [0.717, 1.165) is 23.9 Å². The van der Waals surface area contributed by atoms with Gasteiger partial charge in [-0.3, -0.25) is 0 Å². The fourth-order valence-electron chi connectivity index (χ4n) is 1.18. The van der Waals surface area contributed by atoms with Crippen LogP contribution < -0.4 is 4.90 Å². The van der Waals surface area contributed by atoms with Gasteiger partial charge in [-0.25, -0.2) is 9.97 Å². The summed E-state index contributed by atoms with van der Waals surface area (Å²) in [7, 11) is 1.99. The molecule has 0 aliphatic carbocycles. The zero-order valence-corrected chi connectivity index (χ0v) is 8.41. The average Bonchev–Trinajstić information content (AvgIpc) is 2.03. The van der Waals surface area contributed by atoms with E-state index in [1.807, 2.05) is 37.9 Å². The van der Waals surface area contributed by atoms with Crippen LogP contribution in [0.5, 0.6) is 0 Å². The van der Waals surface area contributed by atoms with E-state index in [2.05, 4.69) is 16.5 Å².